The third kappa shape index (κ3) is 10.00. The van der Waals surface area contributed by atoms with Gasteiger partial charge in [-0.2, -0.15) is 0 Å². The molecule has 1 fully saturated rings. The molecule has 1 aliphatic rings. The van der Waals surface area contributed by atoms with Crippen LogP contribution < -0.4 is 39.4 Å². The first-order chi connectivity index (χ1) is 12.2. The maximum Gasteiger partial charge on any atom is 0.135 e. The van der Waals surface area contributed by atoms with Crippen LogP contribution in [-0.2, 0) is 0 Å². The molecule has 0 spiro atoms. The van der Waals surface area contributed by atoms with Crippen molar-refractivity contribution in [2.24, 2.45) is 0 Å². The molecule has 0 radical (unpaired) electrons. The molecule has 0 amide bonds. The van der Waals surface area contributed by atoms with E-state index in [2.05, 4.69) is 25.1 Å². The molecule has 2 rings (SSSR count). The van der Waals surface area contributed by atoms with Crippen LogP contribution in [0.4, 0.5) is 5.69 Å². The van der Waals surface area contributed by atoms with Crippen molar-refractivity contribution in [1.82, 2.24) is 0 Å². The zero-order valence-electron chi connectivity index (χ0n) is 17.0. The lowest BCUT2D eigenvalue weighted by Crippen LogP contribution is -3.26. The summed E-state index contributed by atoms with van der Waals surface area (Å²) in [5.41, 5.74) is 1.33. The monoisotopic (exact) mass is 420 g/mol. The number of ether oxygens (including phenoxy) is 1. The summed E-state index contributed by atoms with van der Waals surface area (Å²) in [6.45, 7) is 7.71. The van der Waals surface area contributed by atoms with E-state index in [0.717, 1.165) is 44.9 Å². The molecule has 158 valence electrons. The van der Waals surface area contributed by atoms with E-state index in [1.54, 1.807) is 12.0 Å². The van der Waals surface area contributed by atoms with Gasteiger partial charge in [0.25, 0.3) is 0 Å². The molecule has 1 heterocycles. The van der Waals surface area contributed by atoms with Crippen LogP contribution in [0.1, 0.15) is 51.9 Å². The summed E-state index contributed by atoms with van der Waals surface area (Å²) in [7, 11) is 1.72. The Kier molecular flexibility index (Phi) is 15.1. The Bertz CT molecular complexity index is 483. The molecule has 0 bridgehead atoms. The molecule has 0 saturated carbocycles. The van der Waals surface area contributed by atoms with Gasteiger partial charge in [-0.1, -0.05) is 51.5 Å². The first-order valence-corrected chi connectivity index (χ1v) is 10.2. The van der Waals surface area contributed by atoms with Gasteiger partial charge in [0.05, 0.1) is 7.11 Å². The minimum atomic E-state index is -0.125. The lowest BCUT2D eigenvalue weighted by atomic mass is 10.1. The van der Waals surface area contributed by atoms with Gasteiger partial charge >= 0.3 is 0 Å². The fourth-order valence-corrected chi connectivity index (χ4v) is 3.84. The van der Waals surface area contributed by atoms with Gasteiger partial charge < -0.3 is 39.6 Å². The summed E-state index contributed by atoms with van der Waals surface area (Å²) in [6, 6.07) is 8.41. The standard InChI is InChI=1S/C21H36N2O2.2ClH/c1-3-4-5-6-7-8-11-20(24)18-22-13-15-23(16-14-22)19-10-9-12-21(17-19)25-2;;/h9-10,12,17,20,24H,3-8,11,13-16,18H2,1-2H3;2*1H. The maximum atomic E-state index is 10.3. The second-order valence-electron chi connectivity index (χ2n) is 7.50. The third-order valence-electron chi connectivity index (χ3n) is 5.45. The quantitative estimate of drug-likeness (QED) is 0.314. The topological polar surface area (TPSA) is 38.3 Å². The highest BCUT2D eigenvalue weighted by Gasteiger charge is 2.26. The van der Waals surface area contributed by atoms with Gasteiger partial charge in [0.2, 0.25) is 0 Å². The molecule has 27 heavy (non-hydrogen) atoms. The number of methoxy groups -OCH3 is 1. The molecule has 1 atom stereocenters. The van der Waals surface area contributed by atoms with Crippen molar-refractivity contribution in [2.75, 3.05) is 39.8 Å². The van der Waals surface area contributed by atoms with Gasteiger partial charge in [0, 0.05) is 6.07 Å². The number of nitrogens with one attached hydrogen (secondary N) is 2. The number of benzene rings is 1. The zero-order valence-corrected chi connectivity index (χ0v) is 18.5. The van der Waals surface area contributed by atoms with Crippen LogP contribution >= 0.6 is 0 Å². The SMILES string of the molecule is CCCCCCCCC(O)C[NH+]1CC[NH+](c2cccc(OC)c2)CC1.[Cl-].[Cl-]. The summed E-state index contributed by atoms with van der Waals surface area (Å²) in [5, 5.41) is 10.3. The molecule has 1 unspecified atom stereocenters. The number of quaternary nitrogens is 2. The zero-order chi connectivity index (χ0) is 17.9. The van der Waals surface area contributed by atoms with Gasteiger partial charge in [0.1, 0.15) is 50.3 Å². The molecule has 1 aromatic carbocycles. The minimum Gasteiger partial charge on any atom is -1.00 e. The van der Waals surface area contributed by atoms with Gasteiger partial charge in [-0.15, -0.1) is 0 Å². The number of halogens is 2. The van der Waals surface area contributed by atoms with Crippen LogP contribution in [0, 0.1) is 0 Å². The van der Waals surface area contributed by atoms with Crippen LogP contribution in [0.25, 0.3) is 0 Å². The average Bonchev–Trinajstić information content (AvgIpc) is 2.65. The fraction of sp³-hybridized carbons (Fsp3) is 0.714. The van der Waals surface area contributed by atoms with Crippen LogP contribution in [0.15, 0.2) is 24.3 Å². The highest BCUT2D eigenvalue weighted by atomic mass is 35.5. The first-order valence-electron chi connectivity index (χ1n) is 10.2. The number of piperazine rings is 1. The predicted molar refractivity (Wildman–Crippen MR) is 103 cm³/mol. The molecular formula is C21H38Cl2N2O2. The van der Waals surface area contributed by atoms with Crippen molar-refractivity contribution in [2.45, 2.75) is 58.0 Å². The Morgan fingerprint density at radius 1 is 1.00 bits per heavy atom. The third-order valence-corrected chi connectivity index (χ3v) is 5.45. The number of aliphatic hydroxyl groups excluding tert-OH is 1. The number of unbranched alkanes of at least 4 members (excludes halogenated alkanes) is 5. The molecule has 0 aromatic heterocycles. The van der Waals surface area contributed by atoms with Crippen LogP contribution in [0.5, 0.6) is 5.75 Å². The van der Waals surface area contributed by atoms with Crippen LogP contribution in [0.3, 0.4) is 0 Å². The summed E-state index contributed by atoms with van der Waals surface area (Å²) in [6.07, 6.45) is 8.65. The van der Waals surface area contributed by atoms with E-state index < -0.39 is 0 Å². The first kappa shape index (κ1) is 26.5. The van der Waals surface area contributed by atoms with E-state index in [1.807, 2.05) is 6.07 Å². The number of aliphatic hydroxyl groups is 1. The van der Waals surface area contributed by atoms with E-state index in [4.69, 9.17) is 4.74 Å². The molecule has 1 aromatic rings. The molecular weight excluding hydrogens is 383 g/mol. The minimum absolute atomic E-state index is 0. The fourth-order valence-electron chi connectivity index (χ4n) is 3.84. The highest BCUT2D eigenvalue weighted by Crippen LogP contribution is 2.13. The summed E-state index contributed by atoms with van der Waals surface area (Å²) in [5.74, 6) is 0.939. The van der Waals surface area contributed by atoms with Gasteiger partial charge in [-0.3, -0.25) is 4.90 Å². The predicted octanol–water partition coefficient (Wildman–Crippen LogP) is -4.77. The van der Waals surface area contributed by atoms with Crippen molar-refractivity contribution >= 4 is 5.69 Å². The molecule has 1 aliphatic heterocycles. The lowest BCUT2D eigenvalue weighted by Gasteiger charge is -2.30. The average molecular weight is 421 g/mol. The number of hydrogen-bond acceptors (Lipinski definition) is 2. The second-order valence-corrected chi connectivity index (χ2v) is 7.50. The number of rotatable bonds is 11. The highest BCUT2D eigenvalue weighted by molar-refractivity contribution is 5.37. The van der Waals surface area contributed by atoms with E-state index in [-0.39, 0.29) is 30.9 Å². The van der Waals surface area contributed by atoms with E-state index in [9.17, 15) is 5.11 Å². The van der Waals surface area contributed by atoms with Crippen molar-refractivity contribution in [3.63, 3.8) is 0 Å². The summed E-state index contributed by atoms with van der Waals surface area (Å²) in [4.78, 5) is 3.10. The molecule has 1 saturated heterocycles. The Morgan fingerprint density at radius 2 is 1.67 bits per heavy atom. The van der Waals surface area contributed by atoms with Crippen molar-refractivity contribution in [1.29, 1.82) is 0 Å². The summed E-state index contributed by atoms with van der Waals surface area (Å²) < 4.78 is 5.34. The van der Waals surface area contributed by atoms with Gasteiger partial charge in [-0.05, 0) is 18.6 Å². The normalized spacial score (nSPS) is 20.3. The van der Waals surface area contributed by atoms with E-state index in [1.165, 1.54) is 49.1 Å². The lowest BCUT2D eigenvalue weighted by molar-refractivity contribution is -0.988. The Labute approximate surface area is 178 Å². The maximum absolute atomic E-state index is 10.3. The van der Waals surface area contributed by atoms with E-state index >= 15 is 0 Å². The molecule has 4 nitrogen and oxygen atoms in total. The Balaban J connectivity index is 0.00000338. The van der Waals surface area contributed by atoms with Gasteiger partial charge in [0.15, 0.2) is 0 Å². The molecule has 0 aliphatic carbocycles. The van der Waals surface area contributed by atoms with Crippen LogP contribution in [0.2, 0.25) is 0 Å². The second kappa shape index (κ2) is 15.4. The Hall–Kier alpha value is -0.520. The van der Waals surface area contributed by atoms with Crippen LogP contribution in [-0.4, -0.2) is 51.0 Å². The van der Waals surface area contributed by atoms with Crippen molar-refractivity contribution in [3.05, 3.63) is 24.3 Å². The Morgan fingerprint density at radius 3 is 2.33 bits per heavy atom. The molecule has 3 N–H and O–H groups in total. The van der Waals surface area contributed by atoms with Gasteiger partial charge in [-0.25, -0.2) is 0 Å². The summed E-state index contributed by atoms with van der Waals surface area (Å²) >= 11 is 0. The smallest absolute Gasteiger partial charge is 0.135 e. The van der Waals surface area contributed by atoms with E-state index in [0.29, 0.717) is 0 Å². The molecule has 6 heteroatoms. The van der Waals surface area contributed by atoms with Crippen molar-refractivity contribution in [3.8, 4) is 5.75 Å². The van der Waals surface area contributed by atoms with Crippen molar-refractivity contribution < 1.29 is 44.5 Å². The largest absolute Gasteiger partial charge is 1.00 e. The number of hydrogen-bond donors (Lipinski definition) is 3.